The van der Waals surface area contributed by atoms with Crippen LogP contribution in [0.3, 0.4) is 0 Å². The van der Waals surface area contributed by atoms with Gasteiger partial charge >= 0.3 is 5.97 Å². The molecule has 0 unspecified atom stereocenters. The van der Waals surface area contributed by atoms with Gasteiger partial charge in [-0.3, -0.25) is 9.59 Å². The van der Waals surface area contributed by atoms with E-state index in [0.29, 0.717) is 11.5 Å². The van der Waals surface area contributed by atoms with Gasteiger partial charge in [0, 0.05) is 7.05 Å². The summed E-state index contributed by atoms with van der Waals surface area (Å²) in [5, 5.41) is 12.5. The lowest BCUT2D eigenvalue weighted by Gasteiger charge is -2.18. The van der Waals surface area contributed by atoms with Crippen molar-refractivity contribution in [1.82, 2.24) is 9.78 Å². The lowest BCUT2D eigenvalue weighted by molar-refractivity contribution is -0.135. The van der Waals surface area contributed by atoms with Gasteiger partial charge in [0.1, 0.15) is 13.1 Å². The predicted octanol–water partition coefficient (Wildman–Crippen LogP) is -1.53. The molecule has 8 heteroatoms. The first-order chi connectivity index (χ1) is 7.41. The summed E-state index contributed by atoms with van der Waals surface area (Å²) in [6.07, 6.45) is 1.34. The van der Waals surface area contributed by atoms with Crippen molar-refractivity contribution in [2.75, 3.05) is 24.2 Å². The van der Waals surface area contributed by atoms with Crippen LogP contribution in [-0.2, 0) is 16.1 Å². The fraction of sp³-hybridized carbons (Fsp3) is 0.375. The Morgan fingerprint density at radius 3 is 2.75 bits per heavy atom. The lowest BCUT2D eigenvalue weighted by Crippen LogP contribution is -2.30. The molecule has 0 aromatic carbocycles. The zero-order valence-corrected chi connectivity index (χ0v) is 8.75. The minimum absolute atomic E-state index is 0.142. The van der Waals surface area contributed by atoms with Crippen molar-refractivity contribution < 1.29 is 14.7 Å². The number of primary amides is 1. The quantitative estimate of drug-likeness (QED) is 0.560. The van der Waals surface area contributed by atoms with Crippen LogP contribution in [0.5, 0.6) is 0 Å². The molecule has 0 aliphatic rings. The van der Waals surface area contributed by atoms with Crippen molar-refractivity contribution >= 4 is 23.4 Å². The van der Waals surface area contributed by atoms with E-state index in [-0.39, 0.29) is 13.1 Å². The number of nitrogen functional groups attached to an aromatic ring is 1. The molecule has 5 N–H and O–H groups in total. The maximum atomic E-state index is 10.8. The van der Waals surface area contributed by atoms with Gasteiger partial charge in [-0.05, 0) is 0 Å². The van der Waals surface area contributed by atoms with Crippen LogP contribution in [0.2, 0.25) is 0 Å². The molecule has 16 heavy (non-hydrogen) atoms. The molecule has 1 amide bonds. The van der Waals surface area contributed by atoms with Crippen LogP contribution in [0.25, 0.3) is 0 Å². The van der Waals surface area contributed by atoms with Gasteiger partial charge in [-0.15, -0.1) is 0 Å². The highest BCUT2D eigenvalue weighted by molar-refractivity contribution is 5.77. The normalized spacial score (nSPS) is 10.1. The van der Waals surface area contributed by atoms with E-state index >= 15 is 0 Å². The Hall–Kier alpha value is -2.25. The van der Waals surface area contributed by atoms with Gasteiger partial charge in [0.25, 0.3) is 0 Å². The first-order valence-electron chi connectivity index (χ1n) is 4.44. The number of hydrogen-bond donors (Lipinski definition) is 3. The maximum Gasteiger partial charge on any atom is 0.323 e. The number of carboxylic acid groups (broad SMARTS) is 1. The number of nitrogens with zero attached hydrogens (tertiary/aromatic N) is 3. The van der Waals surface area contributed by atoms with E-state index in [1.807, 2.05) is 0 Å². The molecule has 0 spiro atoms. The Balaban J connectivity index is 2.96. The molecule has 0 aliphatic heterocycles. The molecule has 1 aromatic rings. The molecule has 0 atom stereocenters. The number of hydrogen-bond acceptors (Lipinski definition) is 5. The summed E-state index contributed by atoms with van der Waals surface area (Å²) in [4.78, 5) is 22.7. The number of rotatable bonds is 5. The van der Waals surface area contributed by atoms with Gasteiger partial charge < -0.3 is 21.5 Å². The van der Waals surface area contributed by atoms with Crippen LogP contribution >= 0.6 is 0 Å². The first kappa shape index (κ1) is 11.8. The molecular formula is C8H13N5O3. The zero-order valence-electron chi connectivity index (χ0n) is 8.75. The van der Waals surface area contributed by atoms with Crippen molar-refractivity contribution in [2.45, 2.75) is 6.54 Å². The van der Waals surface area contributed by atoms with Gasteiger partial charge in [0.15, 0.2) is 5.82 Å². The van der Waals surface area contributed by atoms with E-state index in [9.17, 15) is 9.59 Å². The fourth-order valence-electron chi connectivity index (χ4n) is 1.35. The highest BCUT2D eigenvalue weighted by Gasteiger charge is 2.16. The van der Waals surface area contributed by atoms with E-state index in [2.05, 4.69) is 5.10 Å². The molecule has 1 rings (SSSR count). The van der Waals surface area contributed by atoms with Crippen molar-refractivity contribution in [3.8, 4) is 0 Å². The molecular weight excluding hydrogens is 214 g/mol. The number of carboxylic acids is 1. The average Bonchev–Trinajstić information content (AvgIpc) is 2.44. The third kappa shape index (κ3) is 2.62. The standard InChI is InChI=1S/C8H13N5O3/c1-12(4-7(15)16)8-5(9)2-11-13(8)3-6(10)14/h2H,3-4,9H2,1H3,(H2,10,14)(H,15,16). The molecule has 0 radical (unpaired) electrons. The lowest BCUT2D eigenvalue weighted by atomic mass is 10.4. The molecule has 1 aromatic heterocycles. The van der Waals surface area contributed by atoms with Crippen LogP contribution in [0, 0.1) is 0 Å². The number of anilines is 2. The highest BCUT2D eigenvalue weighted by atomic mass is 16.4. The van der Waals surface area contributed by atoms with Gasteiger partial charge in [0.05, 0.1) is 11.9 Å². The van der Waals surface area contributed by atoms with Crippen molar-refractivity contribution in [2.24, 2.45) is 5.73 Å². The molecule has 1 heterocycles. The van der Waals surface area contributed by atoms with E-state index in [1.54, 1.807) is 7.05 Å². The maximum absolute atomic E-state index is 10.8. The first-order valence-corrected chi connectivity index (χ1v) is 4.44. The summed E-state index contributed by atoms with van der Waals surface area (Å²) >= 11 is 0. The minimum Gasteiger partial charge on any atom is -0.480 e. The van der Waals surface area contributed by atoms with Gasteiger partial charge in [-0.2, -0.15) is 5.10 Å². The number of carbonyl (C=O) groups excluding carboxylic acids is 1. The topological polar surface area (TPSA) is 127 Å². The number of nitrogens with two attached hydrogens (primary N) is 2. The van der Waals surface area contributed by atoms with Crippen molar-refractivity contribution in [3.05, 3.63) is 6.20 Å². The number of aromatic nitrogens is 2. The Kier molecular flexibility index (Phi) is 3.33. The number of likely N-dealkylation sites (N-methyl/N-ethyl adjacent to an activating group) is 1. The van der Waals surface area contributed by atoms with Gasteiger partial charge in [-0.25, -0.2) is 4.68 Å². The van der Waals surface area contributed by atoms with Crippen molar-refractivity contribution in [3.63, 3.8) is 0 Å². The summed E-state index contributed by atoms with van der Waals surface area (Å²) in [5.74, 6) is -1.22. The molecule has 0 saturated heterocycles. The van der Waals surface area contributed by atoms with Gasteiger partial charge in [-0.1, -0.05) is 0 Å². The summed E-state index contributed by atoms with van der Waals surface area (Å²) < 4.78 is 1.26. The largest absolute Gasteiger partial charge is 0.480 e. The molecule has 0 aliphatic carbocycles. The van der Waals surface area contributed by atoms with E-state index in [0.717, 1.165) is 0 Å². The second-order valence-electron chi connectivity index (χ2n) is 3.30. The molecule has 0 fully saturated rings. The summed E-state index contributed by atoms with van der Waals surface area (Å²) in [5.41, 5.74) is 10.9. The van der Waals surface area contributed by atoms with E-state index < -0.39 is 11.9 Å². The molecule has 88 valence electrons. The Labute approximate surface area is 91.4 Å². The van der Waals surface area contributed by atoms with Crippen LogP contribution in [0.1, 0.15) is 0 Å². The SMILES string of the molecule is CN(CC(=O)O)c1c(N)cnn1CC(N)=O. The van der Waals surface area contributed by atoms with Crippen LogP contribution in [-0.4, -0.2) is 40.4 Å². The zero-order chi connectivity index (χ0) is 12.3. The summed E-state index contributed by atoms with van der Waals surface area (Å²) in [7, 11) is 1.54. The minimum atomic E-state index is -1.01. The summed E-state index contributed by atoms with van der Waals surface area (Å²) in [6, 6.07) is 0. The Morgan fingerprint density at radius 2 is 2.25 bits per heavy atom. The van der Waals surface area contributed by atoms with Crippen molar-refractivity contribution in [1.29, 1.82) is 0 Å². The highest BCUT2D eigenvalue weighted by Crippen LogP contribution is 2.20. The monoisotopic (exact) mass is 227 g/mol. The van der Waals surface area contributed by atoms with Crippen LogP contribution < -0.4 is 16.4 Å². The molecule has 0 saturated carbocycles. The van der Waals surface area contributed by atoms with Crippen LogP contribution in [0.4, 0.5) is 11.5 Å². The number of amides is 1. The second kappa shape index (κ2) is 4.51. The Bertz CT molecular complexity index is 414. The average molecular weight is 227 g/mol. The second-order valence-corrected chi connectivity index (χ2v) is 3.30. The fourth-order valence-corrected chi connectivity index (χ4v) is 1.35. The Morgan fingerprint density at radius 1 is 1.62 bits per heavy atom. The third-order valence-electron chi connectivity index (χ3n) is 1.88. The third-order valence-corrected chi connectivity index (χ3v) is 1.88. The van der Waals surface area contributed by atoms with Crippen LogP contribution in [0.15, 0.2) is 6.20 Å². The summed E-state index contributed by atoms with van der Waals surface area (Å²) in [6.45, 7) is -0.384. The predicted molar refractivity (Wildman–Crippen MR) is 56.7 cm³/mol. The number of carbonyl (C=O) groups is 2. The van der Waals surface area contributed by atoms with E-state index in [1.165, 1.54) is 15.8 Å². The number of aliphatic carboxylic acids is 1. The van der Waals surface area contributed by atoms with Gasteiger partial charge in [0.2, 0.25) is 5.91 Å². The smallest absolute Gasteiger partial charge is 0.323 e. The van der Waals surface area contributed by atoms with E-state index in [4.69, 9.17) is 16.6 Å². The molecule has 8 nitrogen and oxygen atoms in total. The molecule has 0 bridgehead atoms.